The van der Waals surface area contributed by atoms with Crippen LogP contribution in [0.15, 0.2) is 29.0 Å². The number of aromatic nitrogens is 3. The lowest BCUT2D eigenvalue weighted by Crippen LogP contribution is -2.07. The van der Waals surface area contributed by atoms with Crippen LogP contribution in [-0.2, 0) is 0 Å². The Labute approximate surface area is 135 Å². The lowest BCUT2D eigenvalue weighted by Gasteiger charge is -2.15. The van der Waals surface area contributed by atoms with Gasteiger partial charge in [0.05, 0.1) is 27.9 Å². The summed E-state index contributed by atoms with van der Waals surface area (Å²) >= 11 is 5.16. The second-order valence-electron chi connectivity index (χ2n) is 4.93. The van der Waals surface area contributed by atoms with E-state index in [1.165, 1.54) is 4.88 Å². The zero-order valence-electron chi connectivity index (χ0n) is 12.0. The Morgan fingerprint density at radius 3 is 2.81 bits per heavy atom. The topological polar surface area (TPSA) is 50.7 Å². The molecule has 0 fully saturated rings. The number of halogens is 1. The summed E-state index contributed by atoms with van der Waals surface area (Å²) in [4.78, 5) is 14.6. The van der Waals surface area contributed by atoms with E-state index in [0.29, 0.717) is 0 Å². The second-order valence-corrected chi connectivity index (χ2v) is 7.08. The predicted octanol–water partition coefficient (Wildman–Crippen LogP) is 4.64. The van der Waals surface area contributed by atoms with Crippen LogP contribution in [0.1, 0.15) is 28.5 Å². The van der Waals surface area contributed by atoms with Crippen LogP contribution in [0.3, 0.4) is 0 Å². The number of hydrogen-bond acceptors (Lipinski definition) is 5. The van der Waals surface area contributed by atoms with E-state index in [1.807, 2.05) is 19.1 Å². The number of thiazole rings is 1. The van der Waals surface area contributed by atoms with Gasteiger partial charge in [-0.25, -0.2) is 4.98 Å². The molecule has 4 nitrogen and oxygen atoms in total. The molecule has 6 heteroatoms. The third kappa shape index (κ3) is 2.91. The summed E-state index contributed by atoms with van der Waals surface area (Å²) in [5, 5.41) is 4.62. The van der Waals surface area contributed by atoms with Crippen LogP contribution in [0.25, 0.3) is 11.0 Å². The van der Waals surface area contributed by atoms with E-state index in [-0.39, 0.29) is 6.04 Å². The molecule has 0 spiro atoms. The molecule has 0 aliphatic rings. The molecule has 3 heterocycles. The summed E-state index contributed by atoms with van der Waals surface area (Å²) in [6.45, 7) is 6.23. The van der Waals surface area contributed by atoms with E-state index in [2.05, 4.69) is 50.0 Å². The number of pyridine rings is 2. The van der Waals surface area contributed by atoms with Gasteiger partial charge in [0.1, 0.15) is 5.52 Å². The second kappa shape index (κ2) is 5.69. The SMILES string of the molecule is Cc1nc(C)c(C(C)Nc2ccnc3cc(Br)cnc23)s1. The van der Waals surface area contributed by atoms with Crippen molar-refractivity contribution >= 4 is 44.0 Å². The van der Waals surface area contributed by atoms with Crippen LogP contribution in [0, 0.1) is 13.8 Å². The fourth-order valence-electron chi connectivity index (χ4n) is 2.37. The molecule has 0 saturated carbocycles. The van der Waals surface area contributed by atoms with Gasteiger partial charge in [-0.2, -0.15) is 0 Å². The van der Waals surface area contributed by atoms with Crippen LogP contribution in [0.4, 0.5) is 5.69 Å². The molecule has 108 valence electrons. The van der Waals surface area contributed by atoms with Crippen molar-refractivity contribution in [2.45, 2.75) is 26.8 Å². The van der Waals surface area contributed by atoms with Gasteiger partial charge in [0.25, 0.3) is 0 Å². The van der Waals surface area contributed by atoms with Gasteiger partial charge in [0.2, 0.25) is 0 Å². The maximum atomic E-state index is 4.49. The van der Waals surface area contributed by atoms with Gasteiger partial charge in [-0.05, 0) is 48.8 Å². The summed E-state index contributed by atoms with van der Waals surface area (Å²) < 4.78 is 0.932. The van der Waals surface area contributed by atoms with Crippen molar-refractivity contribution in [2.75, 3.05) is 5.32 Å². The molecule has 1 N–H and O–H groups in total. The van der Waals surface area contributed by atoms with Crippen molar-refractivity contribution in [3.63, 3.8) is 0 Å². The molecule has 3 aromatic rings. The first-order chi connectivity index (χ1) is 10.0. The van der Waals surface area contributed by atoms with Gasteiger partial charge in [-0.1, -0.05) is 0 Å². The number of nitrogens with zero attached hydrogens (tertiary/aromatic N) is 3. The number of fused-ring (bicyclic) bond motifs is 1. The van der Waals surface area contributed by atoms with E-state index in [9.17, 15) is 0 Å². The molecule has 0 aromatic carbocycles. The minimum absolute atomic E-state index is 0.187. The Morgan fingerprint density at radius 2 is 2.10 bits per heavy atom. The number of rotatable bonds is 3. The van der Waals surface area contributed by atoms with Crippen molar-refractivity contribution in [1.29, 1.82) is 0 Å². The predicted molar refractivity (Wildman–Crippen MR) is 90.9 cm³/mol. The van der Waals surface area contributed by atoms with Crippen molar-refractivity contribution in [3.8, 4) is 0 Å². The maximum Gasteiger partial charge on any atom is 0.112 e. The molecule has 3 aromatic heterocycles. The summed E-state index contributed by atoms with van der Waals surface area (Å²) in [5.74, 6) is 0. The highest BCUT2D eigenvalue weighted by Crippen LogP contribution is 2.30. The molecule has 3 rings (SSSR count). The fraction of sp³-hybridized carbons (Fsp3) is 0.267. The largest absolute Gasteiger partial charge is 0.376 e. The van der Waals surface area contributed by atoms with Gasteiger partial charge < -0.3 is 5.32 Å². The average molecular weight is 363 g/mol. The van der Waals surface area contributed by atoms with Crippen LogP contribution in [0.5, 0.6) is 0 Å². The molecule has 0 amide bonds. The lowest BCUT2D eigenvalue weighted by molar-refractivity contribution is 0.890. The summed E-state index contributed by atoms with van der Waals surface area (Å²) in [5.41, 5.74) is 3.84. The molecule has 21 heavy (non-hydrogen) atoms. The smallest absolute Gasteiger partial charge is 0.112 e. The van der Waals surface area contributed by atoms with E-state index in [0.717, 1.165) is 31.9 Å². The lowest BCUT2D eigenvalue weighted by atomic mass is 10.2. The summed E-state index contributed by atoms with van der Waals surface area (Å²) in [6.07, 6.45) is 3.60. The molecular weight excluding hydrogens is 348 g/mol. The van der Waals surface area contributed by atoms with Crippen molar-refractivity contribution in [3.05, 3.63) is 44.6 Å². The highest BCUT2D eigenvalue weighted by atomic mass is 79.9. The minimum Gasteiger partial charge on any atom is -0.376 e. The summed E-state index contributed by atoms with van der Waals surface area (Å²) in [7, 11) is 0. The first-order valence-electron chi connectivity index (χ1n) is 6.65. The molecule has 1 atom stereocenters. The van der Waals surface area contributed by atoms with Crippen LogP contribution < -0.4 is 5.32 Å². The molecule has 0 saturated heterocycles. The van der Waals surface area contributed by atoms with Crippen molar-refractivity contribution in [1.82, 2.24) is 15.0 Å². The van der Waals surface area contributed by atoms with Crippen molar-refractivity contribution < 1.29 is 0 Å². The summed E-state index contributed by atoms with van der Waals surface area (Å²) in [6, 6.07) is 4.12. The standard InChI is InChI=1S/C15H15BrN4S/c1-8-15(21-10(3)19-8)9(2)20-12-4-5-17-13-6-11(16)7-18-14(12)13/h4-7,9H,1-3H3,(H,17,20). The van der Waals surface area contributed by atoms with Gasteiger partial charge in [0, 0.05) is 21.7 Å². The monoisotopic (exact) mass is 362 g/mol. The van der Waals surface area contributed by atoms with Gasteiger partial charge in [0.15, 0.2) is 0 Å². The highest BCUT2D eigenvalue weighted by molar-refractivity contribution is 9.10. The fourth-order valence-corrected chi connectivity index (χ4v) is 3.62. The Hall–Kier alpha value is -1.53. The Morgan fingerprint density at radius 1 is 1.29 bits per heavy atom. The van der Waals surface area contributed by atoms with Crippen molar-refractivity contribution in [2.24, 2.45) is 0 Å². The Kier molecular flexibility index (Phi) is 3.91. The third-order valence-electron chi connectivity index (χ3n) is 3.25. The molecular formula is C15H15BrN4S. The van der Waals surface area contributed by atoms with E-state index in [1.54, 1.807) is 23.7 Å². The van der Waals surface area contributed by atoms with Gasteiger partial charge in [-0.15, -0.1) is 11.3 Å². The maximum absolute atomic E-state index is 4.49. The zero-order chi connectivity index (χ0) is 15.0. The molecule has 0 aliphatic heterocycles. The molecule has 0 aliphatic carbocycles. The number of anilines is 1. The quantitative estimate of drug-likeness (QED) is 0.737. The number of hydrogen-bond donors (Lipinski definition) is 1. The first kappa shape index (κ1) is 14.4. The average Bonchev–Trinajstić information content (AvgIpc) is 2.77. The molecule has 0 radical (unpaired) electrons. The van der Waals surface area contributed by atoms with Gasteiger partial charge >= 0.3 is 0 Å². The normalized spacial score (nSPS) is 12.6. The highest BCUT2D eigenvalue weighted by Gasteiger charge is 2.14. The minimum atomic E-state index is 0.187. The molecule has 1 unspecified atom stereocenters. The number of aryl methyl sites for hydroxylation is 2. The molecule has 0 bridgehead atoms. The Balaban J connectivity index is 1.96. The first-order valence-corrected chi connectivity index (χ1v) is 8.26. The Bertz CT molecular complexity index is 799. The van der Waals surface area contributed by atoms with E-state index >= 15 is 0 Å². The van der Waals surface area contributed by atoms with Gasteiger partial charge in [-0.3, -0.25) is 9.97 Å². The van der Waals surface area contributed by atoms with Crippen LogP contribution in [0.2, 0.25) is 0 Å². The van der Waals surface area contributed by atoms with Crippen LogP contribution in [-0.4, -0.2) is 15.0 Å². The zero-order valence-corrected chi connectivity index (χ0v) is 14.4. The van der Waals surface area contributed by atoms with E-state index in [4.69, 9.17) is 0 Å². The number of nitrogens with one attached hydrogen (secondary N) is 1. The van der Waals surface area contributed by atoms with E-state index < -0.39 is 0 Å². The third-order valence-corrected chi connectivity index (χ3v) is 4.94. The van der Waals surface area contributed by atoms with Crippen LogP contribution >= 0.6 is 27.3 Å².